The van der Waals surface area contributed by atoms with Crippen LogP contribution in [0.4, 0.5) is 0 Å². The fraction of sp³-hybridized carbons (Fsp3) is 0.600. The van der Waals surface area contributed by atoms with Gasteiger partial charge >= 0.3 is 0 Å². The lowest BCUT2D eigenvalue weighted by Crippen LogP contribution is -2.53. The maximum absolute atomic E-state index is 11.3. The molecule has 4 atom stereocenters. The summed E-state index contributed by atoms with van der Waals surface area (Å²) in [5, 5.41) is 23.6. The second-order valence-electron chi connectivity index (χ2n) is 6.80. The van der Waals surface area contributed by atoms with Gasteiger partial charge in [-0.25, -0.2) is 0 Å². The number of carbonyl (C=O) groups is 1. The molecule has 0 saturated carbocycles. The van der Waals surface area contributed by atoms with Gasteiger partial charge in [-0.1, -0.05) is 6.58 Å². The Kier molecular flexibility index (Phi) is 4.60. The SMILES string of the molecule is C=C1NC(=O)C=CN1C1OC(CCP(=C)(C)C)[C@@H](O)[C@@]1(C)O. The zero-order valence-electron chi connectivity index (χ0n) is 13.3. The smallest absolute Gasteiger partial charge is 0.250 e. The van der Waals surface area contributed by atoms with Crippen LogP contribution in [0.5, 0.6) is 0 Å². The molecule has 0 spiro atoms. The van der Waals surface area contributed by atoms with Gasteiger partial charge in [-0.15, -0.1) is 13.2 Å². The lowest BCUT2D eigenvalue weighted by atomic mass is 9.95. The molecule has 0 aromatic heterocycles. The van der Waals surface area contributed by atoms with E-state index in [0.29, 0.717) is 12.2 Å². The van der Waals surface area contributed by atoms with Crippen molar-refractivity contribution in [2.45, 2.75) is 37.4 Å². The highest BCUT2D eigenvalue weighted by Crippen LogP contribution is 2.41. The van der Waals surface area contributed by atoms with Gasteiger partial charge in [0.1, 0.15) is 17.5 Å². The van der Waals surface area contributed by atoms with Crippen LogP contribution < -0.4 is 5.32 Å². The van der Waals surface area contributed by atoms with E-state index >= 15 is 0 Å². The molecule has 0 aromatic rings. The Morgan fingerprint density at radius 1 is 1.55 bits per heavy atom. The van der Waals surface area contributed by atoms with Crippen molar-refractivity contribution in [1.29, 1.82) is 0 Å². The van der Waals surface area contributed by atoms with Crippen LogP contribution >= 0.6 is 6.89 Å². The van der Waals surface area contributed by atoms with Gasteiger partial charge in [-0.05, 0) is 32.8 Å². The molecule has 2 rings (SSSR count). The van der Waals surface area contributed by atoms with Gasteiger partial charge in [-0.3, -0.25) is 4.79 Å². The highest BCUT2D eigenvalue weighted by atomic mass is 31.2. The Morgan fingerprint density at radius 3 is 2.73 bits per heavy atom. The lowest BCUT2D eigenvalue weighted by molar-refractivity contribution is -0.123. The molecule has 7 heteroatoms. The van der Waals surface area contributed by atoms with Gasteiger partial charge in [-0.2, -0.15) is 0 Å². The predicted octanol–water partition coefficient (Wildman–Crippen LogP) is 0.339. The topological polar surface area (TPSA) is 82.0 Å². The Bertz CT molecular complexity index is 552. The molecule has 6 nitrogen and oxygen atoms in total. The molecule has 1 fully saturated rings. The van der Waals surface area contributed by atoms with Crippen LogP contribution in [-0.4, -0.2) is 70.8 Å². The van der Waals surface area contributed by atoms with Gasteiger partial charge in [0.2, 0.25) is 0 Å². The first kappa shape index (κ1) is 17.3. The van der Waals surface area contributed by atoms with E-state index < -0.39 is 30.9 Å². The van der Waals surface area contributed by atoms with Crippen molar-refractivity contribution in [3.05, 3.63) is 24.7 Å². The first-order valence-corrected chi connectivity index (χ1v) is 10.3. The highest BCUT2D eigenvalue weighted by Gasteiger charge is 2.54. The zero-order valence-corrected chi connectivity index (χ0v) is 14.2. The summed E-state index contributed by atoms with van der Waals surface area (Å²) in [5.74, 6) is 0.0372. The second-order valence-corrected chi connectivity index (χ2v) is 11.1. The average molecular weight is 328 g/mol. The number of nitrogens with one attached hydrogen (secondary N) is 1. The van der Waals surface area contributed by atoms with Crippen molar-refractivity contribution in [2.24, 2.45) is 0 Å². The molecule has 0 bridgehead atoms. The van der Waals surface area contributed by atoms with Crippen molar-refractivity contribution in [3.63, 3.8) is 0 Å². The number of aliphatic hydroxyl groups excluding tert-OH is 1. The molecule has 2 aliphatic heterocycles. The van der Waals surface area contributed by atoms with Gasteiger partial charge in [0.25, 0.3) is 5.91 Å². The zero-order chi connectivity index (χ0) is 16.7. The van der Waals surface area contributed by atoms with E-state index in [-0.39, 0.29) is 5.91 Å². The average Bonchev–Trinajstić information content (AvgIpc) is 2.59. The van der Waals surface area contributed by atoms with Gasteiger partial charge in [0.05, 0.1) is 6.10 Å². The number of nitrogens with zero attached hydrogens (tertiary/aromatic N) is 1. The summed E-state index contributed by atoms with van der Waals surface area (Å²) in [5.41, 5.74) is -1.47. The number of amides is 1. The highest BCUT2D eigenvalue weighted by molar-refractivity contribution is 7.72. The molecule has 124 valence electrons. The third kappa shape index (κ3) is 3.46. The molecule has 2 unspecified atom stereocenters. The van der Waals surface area contributed by atoms with Gasteiger partial charge in [0.15, 0.2) is 6.23 Å². The largest absolute Gasteiger partial charge is 0.387 e. The molecule has 2 heterocycles. The van der Waals surface area contributed by atoms with Crippen molar-refractivity contribution in [2.75, 3.05) is 19.5 Å². The van der Waals surface area contributed by atoms with Gasteiger partial charge in [0, 0.05) is 12.3 Å². The molecule has 1 amide bonds. The van der Waals surface area contributed by atoms with Crippen LogP contribution in [0.3, 0.4) is 0 Å². The summed E-state index contributed by atoms with van der Waals surface area (Å²) in [6, 6.07) is 0. The van der Waals surface area contributed by atoms with E-state index in [4.69, 9.17) is 4.74 Å². The van der Waals surface area contributed by atoms with Crippen LogP contribution in [0.25, 0.3) is 0 Å². The van der Waals surface area contributed by atoms with Crippen molar-refractivity contribution in [1.82, 2.24) is 10.2 Å². The van der Waals surface area contributed by atoms with Crippen molar-refractivity contribution >= 4 is 19.1 Å². The number of carbonyl (C=O) groups excluding carboxylic acids is 1. The summed E-state index contributed by atoms with van der Waals surface area (Å²) in [7, 11) is 0. The summed E-state index contributed by atoms with van der Waals surface area (Å²) >= 11 is 0. The Labute approximate surface area is 131 Å². The molecule has 2 aliphatic rings. The first-order chi connectivity index (χ1) is 10.0. The molecular weight excluding hydrogens is 303 g/mol. The van der Waals surface area contributed by atoms with Crippen LogP contribution in [0.1, 0.15) is 13.3 Å². The number of aliphatic hydroxyl groups is 2. The van der Waals surface area contributed by atoms with Crippen molar-refractivity contribution in [3.8, 4) is 0 Å². The van der Waals surface area contributed by atoms with E-state index in [1.807, 2.05) is 0 Å². The monoisotopic (exact) mass is 328 g/mol. The molecule has 0 aromatic carbocycles. The number of hydrogen-bond donors (Lipinski definition) is 3. The summed E-state index contributed by atoms with van der Waals surface area (Å²) in [4.78, 5) is 12.8. The molecule has 1 saturated heterocycles. The minimum atomic E-state index is -1.47. The van der Waals surface area contributed by atoms with Crippen LogP contribution in [0, 0.1) is 0 Å². The van der Waals surface area contributed by atoms with Crippen LogP contribution in [-0.2, 0) is 9.53 Å². The second kappa shape index (κ2) is 5.85. The predicted molar refractivity (Wildman–Crippen MR) is 88.9 cm³/mol. The van der Waals surface area contributed by atoms with E-state index in [1.54, 1.807) is 0 Å². The lowest BCUT2D eigenvalue weighted by Gasteiger charge is -2.37. The van der Waals surface area contributed by atoms with E-state index in [9.17, 15) is 15.0 Å². The Balaban J connectivity index is 2.16. The maximum atomic E-state index is 11.3. The fourth-order valence-corrected chi connectivity index (χ4v) is 3.61. The van der Waals surface area contributed by atoms with E-state index in [2.05, 4.69) is 31.5 Å². The Hall–Kier alpha value is -1.07. The van der Waals surface area contributed by atoms with Gasteiger partial charge < -0.3 is 25.2 Å². The minimum Gasteiger partial charge on any atom is -0.387 e. The molecular formula is C15H25N2O4P. The van der Waals surface area contributed by atoms with E-state index in [1.165, 1.54) is 24.1 Å². The van der Waals surface area contributed by atoms with Crippen LogP contribution in [0.15, 0.2) is 24.7 Å². The number of hydrogen-bond acceptors (Lipinski definition) is 5. The summed E-state index contributed by atoms with van der Waals surface area (Å²) < 4.78 is 5.88. The summed E-state index contributed by atoms with van der Waals surface area (Å²) in [6.07, 6.45) is 6.20. The first-order valence-electron chi connectivity index (χ1n) is 7.22. The summed E-state index contributed by atoms with van der Waals surface area (Å²) in [6.45, 7) is 8.29. The normalized spacial score (nSPS) is 35.9. The number of rotatable bonds is 4. The quantitative estimate of drug-likeness (QED) is 0.648. The molecule has 3 N–H and O–H groups in total. The standard InChI is InChI=1S/C15H25N2O4P/c1-10-16-12(18)6-8-17(10)14-15(2,20)13(19)11(21-14)7-9-22(3,4)5/h6,8,11,13-14,19-20H,1,3,7,9H2,2,4-5H3,(H,16,18)/t11?,13-,14?,15-/m1/s1. The Morgan fingerprint density at radius 2 is 2.18 bits per heavy atom. The molecule has 22 heavy (non-hydrogen) atoms. The molecule has 0 aliphatic carbocycles. The van der Waals surface area contributed by atoms with Crippen LogP contribution in [0.2, 0.25) is 0 Å². The number of ether oxygens (including phenoxy) is 1. The maximum Gasteiger partial charge on any atom is 0.250 e. The van der Waals surface area contributed by atoms with E-state index in [0.717, 1.165) is 6.16 Å². The third-order valence-corrected chi connectivity index (χ3v) is 5.46. The fourth-order valence-electron chi connectivity index (χ4n) is 2.66. The third-order valence-electron chi connectivity index (χ3n) is 3.99. The molecule has 0 radical (unpaired) electrons. The van der Waals surface area contributed by atoms with Crippen molar-refractivity contribution < 1.29 is 19.7 Å². The minimum absolute atomic E-state index is 0.278.